The summed E-state index contributed by atoms with van der Waals surface area (Å²) >= 11 is 14.1. The minimum Gasteiger partial charge on any atom is -0.480 e. The first-order valence-electron chi connectivity index (χ1n) is 14.3. The van der Waals surface area contributed by atoms with Gasteiger partial charge < -0.3 is 14.8 Å². The Kier molecular flexibility index (Phi) is 8.58. The van der Waals surface area contributed by atoms with Crippen LogP contribution < -0.4 is 14.8 Å². The lowest BCUT2D eigenvalue weighted by atomic mass is 9.98. The van der Waals surface area contributed by atoms with Crippen molar-refractivity contribution in [2.45, 2.75) is 44.8 Å². The smallest absolute Gasteiger partial charge is 0.237 e. The van der Waals surface area contributed by atoms with Gasteiger partial charge in [-0.3, -0.25) is 14.9 Å². The highest BCUT2D eigenvalue weighted by Gasteiger charge is 2.37. The molecule has 1 aliphatic heterocycles. The number of fused-ring (bicyclic) bond motifs is 1. The normalized spacial score (nSPS) is 18.3. The van der Waals surface area contributed by atoms with E-state index >= 15 is 0 Å². The van der Waals surface area contributed by atoms with Gasteiger partial charge in [0.05, 0.1) is 48.0 Å². The van der Waals surface area contributed by atoms with Crippen molar-refractivity contribution in [2.24, 2.45) is 5.92 Å². The first kappa shape index (κ1) is 28.8. The lowest BCUT2D eigenvalue weighted by Crippen LogP contribution is -2.30. The predicted molar refractivity (Wildman–Crippen MR) is 166 cm³/mol. The van der Waals surface area contributed by atoms with E-state index in [1.807, 2.05) is 43.4 Å². The maximum Gasteiger partial charge on any atom is 0.237 e. The Hall–Kier alpha value is -3.30. The van der Waals surface area contributed by atoms with Gasteiger partial charge in [0.25, 0.3) is 0 Å². The van der Waals surface area contributed by atoms with E-state index in [1.165, 1.54) is 25.7 Å². The Morgan fingerprint density at radius 3 is 1.98 bits per heavy atom. The fourth-order valence-corrected chi connectivity index (χ4v) is 7.02. The van der Waals surface area contributed by atoms with Crippen LogP contribution in [0.1, 0.15) is 37.1 Å². The minimum absolute atomic E-state index is 0.451. The van der Waals surface area contributed by atoms with Gasteiger partial charge in [-0.1, -0.05) is 66.0 Å². The molecule has 0 bridgehead atoms. The average Bonchev–Trinajstić information content (AvgIpc) is 3.63. The molecule has 10 heteroatoms. The van der Waals surface area contributed by atoms with Crippen LogP contribution in [0.3, 0.4) is 0 Å². The van der Waals surface area contributed by atoms with Crippen LogP contribution >= 0.6 is 23.2 Å². The predicted octanol–water partition coefficient (Wildman–Crippen LogP) is 6.69. The molecule has 0 radical (unpaired) electrons. The van der Waals surface area contributed by atoms with Crippen LogP contribution in [-0.2, 0) is 13.1 Å². The monoisotopic (exact) mass is 604 g/mol. The van der Waals surface area contributed by atoms with E-state index in [4.69, 9.17) is 42.6 Å². The fourth-order valence-electron chi connectivity index (χ4n) is 6.37. The molecule has 8 nitrogen and oxygen atoms in total. The third-order valence-electron chi connectivity index (χ3n) is 8.42. The Bertz CT molecular complexity index is 1600. The number of methoxy groups -OCH3 is 2. The van der Waals surface area contributed by atoms with Crippen molar-refractivity contribution in [3.8, 4) is 45.4 Å². The van der Waals surface area contributed by atoms with E-state index in [0.717, 1.165) is 52.6 Å². The van der Waals surface area contributed by atoms with Crippen molar-refractivity contribution in [3.05, 3.63) is 70.2 Å². The molecule has 2 aromatic carbocycles. The summed E-state index contributed by atoms with van der Waals surface area (Å²) in [6, 6.07) is 12.3. The molecule has 1 saturated heterocycles. The zero-order valence-electron chi connectivity index (χ0n) is 24.0. The molecule has 2 aliphatic rings. The molecule has 1 aliphatic carbocycles. The standard InChI is InChI=1S/C32H34Cl2N6O2/c1-35-15-26-31(41-2)38-24(16-36-26)22-10-5-8-20(29(22)33)21-9-6-11-23(30(21)34)25-17-37-27(32(39-25)42-3)18-40-14-13-19-7-4-12-28(19)40/h5-6,8-11,16-17,19,28,35H,4,7,12-15,18H2,1-3H3/t19-,28?/m0/s1. The van der Waals surface area contributed by atoms with Crippen LogP contribution in [0.5, 0.6) is 11.8 Å². The van der Waals surface area contributed by atoms with Crippen LogP contribution in [0, 0.1) is 5.92 Å². The van der Waals surface area contributed by atoms with Gasteiger partial charge in [0.1, 0.15) is 11.4 Å². The summed E-state index contributed by atoms with van der Waals surface area (Å²) < 4.78 is 11.2. The SMILES string of the molecule is CNCc1ncc(-c2cccc(-c3cccc(-c4cnc(CN5CC[C@@H]6CCCC65)c(OC)n4)c3Cl)c2Cl)nc1OC. The number of benzene rings is 2. The van der Waals surface area contributed by atoms with E-state index < -0.39 is 0 Å². The van der Waals surface area contributed by atoms with Gasteiger partial charge in [-0.05, 0) is 38.8 Å². The van der Waals surface area contributed by atoms with Gasteiger partial charge in [0, 0.05) is 41.4 Å². The van der Waals surface area contributed by atoms with Crippen LogP contribution in [0.25, 0.3) is 33.6 Å². The molecule has 0 amide bonds. The Morgan fingerprint density at radius 2 is 1.38 bits per heavy atom. The molecule has 1 N–H and O–H groups in total. The van der Waals surface area contributed by atoms with Crippen molar-refractivity contribution in [1.82, 2.24) is 30.2 Å². The summed E-state index contributed by atoms with van der Waals surface area (Å²) in [5.74, 6) is 1.80. The van der Waals surface area contributed by atoms with Crippen LogP contribution in [0.15, 0.2) is 48.8 Å². The number of halogens is 2. The molecule has 0 spiro atoms. The molecule has 218 valence electrons. The molecule has 2 atom stereocenters. The highest BCUT2D eigenvalue weighted by Crippen LogP contribution is 2.43. The molecule has 1 saturated carbocycles. The summed E-state index contributed by atoms with van der Waals surface area (Å²) in [7, 11) is 5.08. The lowest BCUT2D eigenvalue weighted by molar-refractivity contribution is 0.225. The number of hydrogen-bond acceptors (Lipinski definition) is 8. The number of nitrogens with one attached hydrogen (secondary N) is 1. The van der Waals surface area contributed by atoms with Gasteiger partial charge in [0.2, 0.25) is 11.8 Å². The molecule has 3 heterocycles. The largest absolute Gasteiger partial charge is 0.480 e. The number of aromatic nitrogens is 4. The second-order valence-electron chi connectivity index (χ2n) is 10.8. The first-order chi connectivity index (χ1) is 20.5. The van der Waals surface area contributed by atoms with Gasteiger partial charge in [0.15, 0.2) is 0 Å². The molecular weight excluding hydrogens is 571 g/mol. The van der Waals surface area contributed by atoms with E-state index in [-0.39, 0.29) is 0 Å². The van der Waals surface area contributed by atoms with Crippen molar-refractivity contribution in [1.29, 1.82) is 0 Å². The summed E-state index contributed by atoms with van der Waals surface area (Å²) in [6.45, 7) is 2.39. The van der Waals surface area contributed by atoms with Crippen molar-refractivity contribution < 1.29 is 9.47 Å². The Morgan fingerprint density at radius 1 is 0.810 bits per heavy atom. The molecule has 4 aromatic rings. The third-order valence-corrected chi connectivity index (χ3v) is 9.24. The summed E-state index contributed by atoms with van der Waals surface area (Å²) in [5.41, 5.74) is 5.87. The topological polar surface area (TPSA) is 85.3 Å². The molecule has 2 aromatic heterocycles. The zero-order valence-corrected chi connectivity index (χ0v) is 25.5. The highest BCUT2D eigenvalue weighted by atomic mass is 35.5. The van der Waals surface area contributed by atoms with Crippen molar-refractivity contribution in [2.75, 3.05) is 27.8 Å². The maximum absolute atomic E-state index is 7.05. The summed E-state index contributed by atoms with van der Waals surface area (Å²) in [4.78, 5) is 21.4. The van der Waals surface area contributed by atoms with Crippen LogP contribution in [0.4, 0.5) is 0 Å². The zero-order chi connectivity index (χ0) is 29.2. The third kappa shape index (κ3) is 5.44. The first-order valence-corrected chi connectivity index (χ1v) is 15.0. The van der Waals surface area contributed by atoms with Gasteiger partial charge in [-0.25, -0.2) is 9.97 Å². The molecule has 42 heavy (non-hydrogen) atoms. The van der Waals surface area contributed by atoms with Crippen LogP contribution in [0.2, 0.25) is 10.0 Å². The van der Waals surface area contributed by atoms with E-state index in [2.05, 4.69) is 20.2 Å². The quantitative estimate of drug-likeness (QED) is 0.226. The average molecular weight is 606 g/mol. The number of rotatable bonds is 9. The number of nitrogens with zero attached hydrogens (tertiary/aromatic N) is 5. The van der Waals surface area contributed by atoms with E-state index in [1.54, 1.807) is 26.6 Å². The van der Waals surface area contributed by atoms with Gasteiger partial charge in [-0.15, -0.1) is 0 Å². The minimum atomic E-state index is 0.451. The molecule has 2 fully saturated rings. The summed E-state index contributed by atoms with van der Waals surface area (Å²) in [5, 5.41) is 4.12. The number of hydrogen-bond donors (Lipinski definition) is 1. The molecule has 1 unspecified atom stereocenters. The Balaban J connectivity index is 1.32. The fraction of sp³-hybridized carbons (Fsp3) is 0.375. The number of ether oxygens (including phenoxy) is 2. The maximum atomic E-state index is 7.05. The van der Waals surface area contributed by atoms with E-state index in [0.29, 0.717) is 45.8 Å². The second-order valence-corrected chi connectivity index (χ2v) is 11.6. The highest BCUT2D eigenvalue weighted by molar-refractivity contribution is 6.39. The Labute approximate surface area is 256 Å². The number of likely N-dealkylation sites (tertiary alicyclic amines) is 1. The van der Waals surface area contributed by atoms with Gasteiger partial charge in [-0.2, -0.15) is 0 Å². The summed E-state index contributed by atoms with van der Waals surface area (Å²) in [6.07, 6.45) is 8.70. The van der Waals surface area contributed by atoms with Crippen LogP contribution in [-0.4, -0.2) is 58.7 Å². The molecule has 6 rings (SSSR count). The second kappa shape index (κ2) is 12.5. The lowest BCUT2D eigenvalue weighted by Gasteiger charge is -2.23. The van der Waals surface area contributed by atoms with Crippen molar-refractivity contribution in [3.63, 3.8) is 0 Å². The van der Waals surface area contributed by atoms with Gasteiger partial charge >= 0.3 is 0 Å². The van der Waals surface area contributed by atoms with E-state index in [9.17, 15) is 0 Å². The van der Waals surface area contributed by atoms with Crippen molar-refractivity contribution >= 4 is 23.2 Å². The molecular formula is C32H34Cl2N6O2.